The molecule has 1 aliphatic heterocycles. The Hall–Kier alpha value is -0.920. The molecule has 1 saturated heterocycles. The van der Waals surface area contributed by atoms with E-state index in [1.807, 2.05) is 0 Å². The van der Waals surface area contributed by atoms with Gasteiger partial charge < -0.3 is 45.4 Å². The van der Waals surface area contributed by atoms with Gasteiger partial charge in [0.2, 0.25) is 5.91 Å². The second-order valence-corrected chi connectivity index (χ2v) is 18.2. The third-order valence-electron chi connectivity index (χ3n) is 12.6. The molecule has 0 aromatic heterocycles. The minimum atomic E-state index is -1.61. The SMILES string of the molecule is CCCCCCCCCCCCCC[C@@H](O)[C@@H](O)[C@H](CO[C@H]1O[C@H](CO)[C@H](O)[C@H](O)[C@H]1O)NC(=O)CCCCCCCCCCCCCCCCCCCCCCCCF. The number of carbonyl (C=O) groups is 1. The van der Waals surface area contributed by atoms with Crippen LogP contribution in [0.25, 0.3) is 0 Å². The first-order valence-electron chi connectivity index (χ1n) is 25.4. The lowest BCUT2D eigenvalue weighted by atomic mass is 9.98. The number of halogens is 1. The van der Waals surface area contributed by atoms with Gasteiger partial charge in [0.05, 0.1) is 32.0 Å². The van der Waals surface area contributed by atoms with Crippen molar-refractivity contribution in [2.75, 3.05) is 19.9 Å². The van der Waals surface area contributed by atoms with Crippen molar-refractivity contribution >= 4 is 5.91 Å². The van der Waals surface area contributed by atoms with Crippen molar-refractivity contribution in [2.45, 2.75) is 287 Å². The average Bonchev–Trinajstić information content (AvgIpc) is 3.25. The number of unbranched alkanes of at least 4 members (excludes halogenated alkanes) is 32. The topological polar surface area (TPSA) is 169 Å². The van der Waals surface area contributed by atoms with Gasteiger partial charge in [-0.1, -0.05) is 212 Å². The fraction of sp³-hybridized carbons (Fsp3) is 0.980. The maximum Gasteiger partial charge on any atom is 0.220 e. The van der Waals surface area contributed by atoms with E-state index in [4.69, 9.17) is 9.47 Å². The molecule has 0 aromatic rings. The van der Waals surface area contributed by atoms with E-state index >= 15 is 0 Å². The van der Waals surface area contributed by atoms with Gasteiger partial charge in [0.1, 0.15) is 30.5 Å². The molecule has 0 spiro atoms. The van der Waals surface area contributed by atoms with Gasteiger partial charge >= 0.3 is 0 Å². The van der Waals surface area contributed by atoms with Gasteiger partial charge in [-0.3, -0.25) is 9.18 Å². The number of aliphatic hydroxyl groups excluding tert-OH is 6. The zero-order valence-corrected chi connectivity index (χ0v) is 38.5. The smallest absolute Gasteiger partial charge is 0.220 e. The van der Waals surface area contributed by atoms with E-state index in [0.29, 0.717) is 12.8 Å². The van der Waals surface area contributed by atoms with Gasteiger partial charge in [-0.2, -0.15) is 0 Å². The normalized spacial score (nSPS) is 21.0. The molecule has 358 valence electrons. The van der Waals surface area contributed by atoms with E-state index < -0.39 is 55.6 Å². The molecule has 1 heterocycles. The second-order valence-electron chi connectivity index (χ2n) is 18.2. The molecule has 1 amide bonds. The minimum absolute atomic E-state index is 0.165. The van der Waals surface area contributed by atoms with Crippen LogP contribution in [-0.2, 0) is 14.3 Å². The summed E-state index contributed by atoms with van der Waals surface area (Å²) < 4.78 is 23.3. The molecule has 1 aliphatic rings. The molecule has 0 aromatic carbocycles. The summed E-state index contributed by atoms with van der Waals surface area (Å²) in [5.41, 5.74) is 0. The van der Waals surface area contributed by atoms with Crippen molar-refractivity contribution < 1.29 is 49.3 Å². The lowest BCUT2D eigenvalue weighted by molar-refractivity contribution is -0.303. The van der Waals surface area contributed by atoms with Crippen LogP contribution in [0.15, 0.2) is 0 Å². The fourth-order valence-electron chi connectivity index (χ4n) is 8.46. The maximum absolute atomic E-state index is 13.0. The van der Waals surface area contributed by atoms with Crippen LogP contribution < -0.4 is 5.32 Å². The quantitative estimate of drug-likeness (QED) is 0.0295. The largest absolute Gasteiger partial charge is 0.394 e. The Morgan fingerprint density at radius 3 is 1.35 bits per heavy atom. The third kappa shape index (κ3) is 30.2. The van der Waals surface area contributed by atoms with E-state index in [1.165, 1.54) is 154 Å². The van der Waals surface area contributed by atoms with Gasteiger partial charge in [-0.15, -0.1) is 0 Å². The summed E-state index contributed by atoms with van der Waals surface area (Å²) in [5, 5.41) is 65.2. The number of aliphatic hydroxyl groups is 6. The zero-order chi connectivity index (χ0) is 43.9. The Balaban J connectivity index is 2.26. The number of carbonyl (C=O) groups excluding carboxylic acids is 1. The molecule has 0 unspecified atom stereocenters. The first-order valence-corrected chi connectivity index (χ1v) is 25.4. The number of hydrogen-bond donors (Lipinski definition) is 7. The average molecular weight is 862 g/mol. The molecule has 1 rings (SSSR count). The molecule has 0 bridgehead atoms. The number of alkyl halides is 1. The number of amides is 1. The lowest BCUT2D eigenvalue weighted by Crippen LogP contribution is -2.60. The van der Waals surface area contributed by atoms with E-state index in [1.54, 1.807) is 0 Å². The number of hydrogen-bond acceptors (Lipinski definition) is 9. The molecule has 11 heteroatoms. The van der Waals surface area contributed by atoms with Crippen molar-refractivity contribution in [3.8, 4) is 0 Å². The van der Waals surface area contributed by atoms with E-state index in [2.05, 4.69) is 12.2 Å². The Kier molecular flexibility index (Phi) is 38.9. The highest BCUT2D eigenvalue weighted by Crippen LogP contribution is 2.23. The molecule has 8 atom stereocenters. The van der Waals surface area contributed by atoms with Crippen molar-refractivity contribution in [1.82, 2.24) is 5.32 Å². The van der Waals surface area contributed by atoms with Crippen LogP contribution >= 0.6 is 0 Å². The van der Waals surface area contributed by atoms with Crippen LogP contribution in [0.2, 0.25) is 0 Å². The number of ether oxygens (including phenoxy) is 2. The zero-order valence-electron chi connectivity index (χ0n) is 38.5. The lowest BCUT2D eigenvalue weighted by Gasteiger charge is -2.40. The monoisotopic (exact) mass is 862 g/mol. The summed E-state index contributed by atoms with van der Waals surface area (Å²) >= 11 is 0. The van der Waals surface area contributed by atoms with E-state index in [-0.39, 0.29) is 25.6 Å². The summed E-state index contributed by atoms with van der Waals surface area (Å²) in [7, 11) is 0. The summed E-state index contributed by atoms with van der Waals surface area (Å²) in [5.74, 6) is -0.261. The standard InChI is InChI=1S/C49H96FNO9/c1-2-3-4-5-6-7-8-21-24-27-30-33-36-42(53)45(55)41(40-59-49-48(58)47(57)46(56)43(39-52)60-49)51-44(54)37-34-31-28-25-22-19-17-15-13-11-9-10-12-14-16-18-20-23-26-29-32-35-38-50/h41-43,45-49,52-53,55-58H,2-40H2,1H3,(H,51,54)/t41-,42+,43+,45-,46-,47-,48+,49-/m0/s1. The Labute approximate surface area is 366 Å². The predicted octanol–water partition coefficient (Wildman–Crippen LogP) is 10.0. The second kappa shape index (κ2) is 40.8. The van der Waals surface area contributed by atoms with E-state index in [0.717, 1.165) is 57.8 Å². The first-order chi connectivity index (χ1) is 29.3. The Morgan fingerprint density at radius 1 is 0.567 bits per heavy atom. The molecule has 1 fully saturated rings. The summed E-state index contributed by atoms with van der Waals surface area (Å²) in [6.07, 6.45) is 31.9. The highest BCUT2D eigenvalue weighted by atomic mass is 19.1. The Bertz CT molecular complexity index is 933. The predicted molar refractivity (Wildman–Crippen MR) is 242 cm³/mol. The van der Waals surface area contributed by atoms with Crippen LogP contribution in [0.4, 0.5) is 4.39 Å². The van der Waals surface area contributed by atoms with Crippen LogP contribution in [0, 0.1) is 0 Å². The first kappa shape index (κ1) is 57.1. The van der Waals surface area contributed by atoms with Crippen LogP contribution in [0.1, 0.15) is 238 Å². The summed E-state index contributed by atoms with van der Waals surface area (Å²) in [4.78, 5) is 13.0. The van der Waals surface area contributed by atoms with Crippen molar-refractivity contribution in [1.29, 1.82) is 0 Å². The summed E-state index contributed by atoms with van der Waals surface area (Å²) in [6.45, 7) is 1.17. The molecular formula is C49H96FNO9. The molecular weight excluding hydrogens is 766 g/mol. The van der Waals surface area contributed by atoms with Crippen LogP contribution in [-0.4, -0.2) is 105 Å². The van der Waals surface area contributed by atoms with Gasteiger partial charge in [0.15, 0.2) is 6.29 Å². The molecule has 60 heavy (non-hydrogen) atoms. The minimum Gasteiger partial charge on any atom is -0.394 e. The molecule has 0 aliphatic carbocycles. The highest BCUT2D eigenvalue weighted by molar-refractivity contribution is 5.76. The molecule has 7 N–H and O–H groups in total. The number of rotatable bonds is 44. The van der Waals surface area contributed by atoms with Crippen molar-refractivity contribution in [3.05, 3.63) is 0 Å². The van der Waals surface area contributed by atoms with Crippen LogP contribution in [0.5, 0.6) is 0 Å². The third-order valence-corrected chi connectivity index (χ3v) is 12.6. The van der Waals surface area contributed by atoms with Gasteiger partial charge in [0, 0.05) is 6.42 Å². The van der Waals surface area contributed by atoms with E-state index in [9.17, 15) is 39.8 Å². The highest BCUT2D eigenvalue weighted by Gasteiger charge is 2.44. The van der Waals surface area contributed by atoms with Crippen molar-refractivity contribution in [3.63, 3.8) is 0 Å². The van der Waals surface area contributed by atoms with Crippen LogP contribution in [0.3, 0.4) is 0 Å². The van der Waals surface area contributed by atoms with Crippen molar-refractivity contribution in [2.24, 2.45) is 0 Å². The molecule has 0 saturated carbocycles. The molecule has 0 radical (unpaired) electrons. The number of nitrogens with one attached hydrogen (secondary N) is 1. The Morgan fingerprint density at radius 2 is 0.950 bits per heavy atom. The van der Waals surface area contributed by atoms with Gasteiger partial charge in [-0.05, 0) is 19.3 Å². The van der Waals surface area contributed by atoms with Gasteiger partial charge in [-0.25, -0.2) is 0 Å². The maximum atomic E-state index is 13.0. The molecule has 10 nitrogen and oxygen atoms in total. The van der Waals surface area contributed by atoms with Gasteiger partial charge in [0.25, 0.3) is 0 Å². The fourth-order valence-corrected chi connectivity index (χ4v) is 8.46. The summed E-state index contributed by atoms with van der Waals surface area (Å²) in [6, 6.07) is -0.992.